The number of fused-ring (bicyclic) bond motifs is 1. The van der Waals surface area contributed by atoms with Gasteiger partial charge in [-0.15, -0.1) is 10.2 Å². The molecule has 134 valence electrons. The molecule has 3 unspecified atom stereocenters. The molecule has 3 atom stereocenters. The van der Waals surface area contributed by atoms with Crippen LogP contribution in [0.15, 0.2) is 0 Å². The van der Waals surface area contributed by atoms with Crippen molar-refractivity contribution in [2.75, 3.05) is 13.1 Å². The summed E-state index contributed by atoms with van der Waals surface area (Å²) in [6.07, 6.45) is 2.41. The number of carbonyl (C=O) groups excluding carboxylic acids is 1. The largest absolute Gasteiger partial charge is 0.373 e. The molecule has 0 bridgehead atoms. The Kier molecular flexibility index (Phi) is 5.20. The average Bonchev–Trinajstić information content (AvgIpc) is 3.07. The fourth-order valence-corrected chi connectivity index (χ4v) is 3.95. The van der Waals surface area contributed by atoms with E-state index in [0.29, 0.717) is 6.54 Å². The van der Waals surface area contributed by atoms with Crippen molar-refractivity contribution in [1.82, 2.24) is 25.0 Å². The van der Waals surface area contributed by atoms with Crippen molar-refractivity contribution < 1.29 is 9.53 Å². The standard InChI is InChI=1S/C17H29N5O2/c1-11(2)16(21-9-12(3)24-13(4)10-21)17(23)18-8-15-20-19-14-6-5-7-22(14)15/h11-13,16H,5-10H2,1-4H3,(H,18,23). The van der Waals surface area contributed by atoms with Crippen LogP contribution in [0.2, 0.25) is 0 Å². The number of nitrogens with zero attached hydrogens (tertiary/aromatic N) is 4. The molecule has 0 saturated carbocycles. The van der Waals surface area contributed by atoms with Crippen LogP contribution in [0, 0.1) is 5.92 Å². The highest BCUT2D eigenvalue weighted by Gasteiger charge is 2.34. The third-order valence-electron chi connectivity index (χ3n) is 4.85. The fourth-order valence-electron chi connectivity index (χ4n) is 3.95. The summed E-state index contributed by atoms with van der Waals surface area (Å²) in [5.74, 6) is 2.21. The van der Waals surface area contributed by atoms with Crippen LogP contribution >= 0.6 is 0 Å². The summed E-state index contributed by atoms with van der Waals surface area (Å²) in [5, 5.41) is 11.5. The second-order valence-electron chi connectivity index (χ2n) is 7.41. The van der Waals surface area contributed by atoms with Crippen molar-refractivity contribution in [2.45, 2.75) is 71.9 Å². The zero-order valence-electron chi connectivity index (χ0n) is 15.2. The normalized spacial score (nSPS) is 25.7. The molecule has 2 aliphatic rings. The highest BCUT2D eigenvalue weighted by Crippen LogP contribution is 2.19. The van der Waals surface area contributed by atoms with Gasteiger partial charge < -0.3 is 14.6 Å². The lowest BCUT2D eigenvalue weighted by molar-refractivity contribution is -0.135. The molecule has 0 radical (unpaired) electrons. The van der Waals surface area contributed by atoms with Crippen LogP contribution in [0.25, 0.3) is 0 Å². The van der Waals surface area contributed by atoms with E-state index in [4.69, 9.17) is 4.74 Å². The monoisotopic (exact) mass is 335 g/mol. The lowest BCUT2D eigenvalue weighted by atomic mass is 9.99. The van der Waals surface area contributed by atoms with Gasteiger partial charge in [-0.25, -0.2) is 0 Å². The van der Waals surface area contributed by atoms with Crippen LogP contribution in [-0.4, -0.2) is 56.9 Å². The smallest absolute Gasteiger partial charge is 0.238 e. The van der Waals surface area contributed by atoms with E-state index in [1.807, 2.05) is 0 Å². The third-order valence-corrected chi connectivity index (χ3v) is 4.85. The molecule has 0 aromatic carbocycles. The fraction of sp³-hybridized carbons (Fsp3) is 0.824. The Morgan fingerprint density at radius 3 is 2.67 bits per heavy atom. The molecule has 24 heavy (non-hydrogen) atoms. The van der Waals surface area contributed by atoms with Gasteiger partial charge in [0.1, 0.15) is 5.82 Å². The van der Waals surface area contributed by atoms with E-state index in [2.05, 4.69) is 52.7 Å². The molecule has 3 heterocycles. The number of ether oxygens (including phenoxy) is 1. The molecule has 0 aliphatic carbocycles. The molecule has 0 spiro atoms. The van der Waals surface area contributed by atoms with Gasteiger partial charge >= 0.3 is 0 Å². The molecule has 1 N–H and O–H groups in total. The maximum absolute atomic E-state index is 12.8. The first kappa shape index (κ1) is 17.4. The number of hydrogen-bond donors (Lipinski definition) is 1. The maximum atomic E-state index is 12.8. The van der Waals surface area contributed by atoms with Crippen molar-refractivity contribution >= 4 is 5.91 Å². The minimum Gasteiger partial charge on any atom is -0.373 e. The number of aryl methyl sites for hydroxylation is 1. The summed E-state index contributed by atoms with van der Waals surface area (Å²) < 4.78 is 7.93. The van der Waals surface area contributed by atoms with Gasteiger partial charge in [-0.1, -0.05) is 13.8 Å². The van der Waals surface area contributed by atoms with Gasteiger partial charge in [0.15, 0.2) is 5.82 Å². The molecule has 1 aromatic heterocycles. The Morgan fingerprint density at radius 1 is 1.29 bits per heavy atom. The Balaban J connectivity index is 1.64. The molecule has 3 rings (SSSR count). The van der Waals surface area contributed by atoms with Gasteiger partial charge in [0.2, 0.25) is 5.91 Å². The van der Waals surface area contributed by atoms with Crippen LogP contribution in [0.1, 0.15) is 45.8 Å². The second kappa shape index (κ2) is 7.19. The Morgan fingerprint density at radius 2 is 2.00 bits per heavy atom. The predicted octanol–water partition coefficient (Wildman–Crippen LogP) is 0.974. The van der Waals surface area contributed by atoms with Gasteiger partial charge in [-0.2, -0.15) is 0 Å². The Bertz CT molecular complexity index is 576. The number of rotatable bonds is 5. The SMILES string of the molecule is CC1CN(C(C(=O)NCc2nnc3n2CCC3)C(C)C)CC(C)O1. The molecule has 1 saturated heterocycles. The van der Waals surface area contributed by atoms with Gasteiger partial charge in [-0.05, 0) is 26.2 Å². The summed E-state index contributed by atoms with van der Waals surface area (Å²) >= 11 is 0. The summed E-state index contributed by atoms with van der Waals surface area (Å²) in [6, 6.07) is -0.139. The van der Waals surface area contributed by atoms with Crippen LogP contribution < -0.4 is 5.32 Å². The molecule has 1 fully saturated rings. The van der Waals surface area contributed by atoms with Gasteiger partial charge in [0.25, 0.3) is 0 Å². The van der Waals surface area contributed by atoms with Crippen molar-refractivity contribution in [2.24, 2.45) is 5.92 Å². The molecule has 1 aromatic rings. The van der Waals surface area contributed by atoms with Crippen LogP contribution in [-0.2, 0) is 29.0 Å². The molecular weight excluding hydrogens is 306 g/mol. The van der Waals surface area contributed by atoms with E-state index >= 15 is 0 Å². The van der Waals surface area contributed by atoms with Gasteiger partial charge in [0.05, 0.1) is 24.8 Å². The summed E-state index contributed by atoms with van der Waals surface area (Å²) in [4.78, 5) is 15.1. The van der Waals surface area contributed by atoms with Crippen molar-refractivity contribution in [1.29, 1.82) is 0 Å². The van der Waals surface area contributed by atoms with E-state index in [1.54, 1.807) is 0 Å². The first-order valence-electron chi connectivity index (χ1n) is 9.04. The van der Waals surface area contributed by atoms with Crippen molar-refractivity contribution in [3.05, 3.63) is 11.6 Å². The number of nitrogens with one attached hydrogen (secondary N) is 1. The topological polar surface area (TPSA) is 72.3 Å². The third kappa shape index (κ3) is 3.62. The predicted molar refractivity (Wildman–Crippen MR) is 90.4 cm³/mol. The summed E-state index contributed by atoms with van der Waals surface area (Å²) in [5.41, 5.74) is 0. The van der Waals surface area contributed by atoms with Crippen LogP contribution in [0.5, 0.6) is 0 Å². The molecule has 7 heteroatoms. The van der Waals surface area contributed by atoms with Crippen molar-refractivity contribution in [3.8, 4) is 0 Å². The molecule has 7 nitrogen and oxygen atoms in total. The molecule has 1 amide bonds. The van der Waals surface area contributed by atoms with Gasteiger partial charge in [0, 0.05) is 26.1 Å². The zero-order chi connectivity index (χ0) is 17.3. The average molecular weight is 335 g/mol. The van der Waals surface area contributed by atoms with Crippen LogP contribution in [0.3, 0.4) is 0 Å². The zero-order valence-corrected chi connectivity index (χ0v) is 15.2. The first-order chi connectivity index (χ1) is 11.5. The highest BCUT2D eigenvalue weighted by atomic mass is 16.5. The number of aromatic nitrogens is 3. The van der Waals surface area contributed by atoms with Crippen molar-refractivity contribution in [3.63, 3.8) is 0 Å². The lowest BCUT2D eigenvalue weighted by Crippen LogP contribution is -2.56. The van der Waals surface area contributed by atoms with E-state index < -0.39 is 0 Å². The lowest BCUT2D eigenvalue weighted by Gasteiger charge is -2.41. The number of carbonyl (C=O) groups is 1. The van der Waals surface area contributed by atoms with E-state index in [-0.39, 0.29) is 30.1 Å². The second-order valence-corrected chi connectivity index (χ2v) is 7.41. The van der Waals surface area contributed by atoms with Crippen LogP contribution in [0.4, 0.5) is 0 Å². The first-order valence-corrected chi connectivity index (χ1v) is 9.04. The van der Waals surface area contributed by atoms with E-state index in [1.165, 1.54) is 0 Å². The number of hydrogen-bond acceptors (Lipinski definition) is 5. The maximum Gasteiger partial charge on any atom is 0.238 e. The minimum atomic E-state index is -0.139. The number of morpholine rings is 1. The Hall–Kier alpha value is -1.47. The quantitative estimate of drug-likeness (QED) is 0.868. The summed E-state index contributed by atoms with van der Waals surface area (Å²) in [6.45, 7) is 11.3. The summed E-state index contributed by atoms with van der Waals surface area (Å²) in [7, 11) is 0. The number of amides is 1. The molecule has 2 aliphatic heterocycles. The minimum absolute atomic E-state index is 0.0710. The molecular formula is C17H29N5O2. The van der Waals surface area contributed by atoms with Gasteiger partial charge in [-0.3, -0.25) is 9.69 Å². The highest BCUT2D eigenvalue weighted by molar-refractivity contribution is 5.82. The van der Waals surface area contributed by atoms with E-state index in [9.17, 15) is 4.79 Å². The van der Waals surface area contributed by atoms with E-state index in [0.717, 1.165) is 44.1 Å². The Labute approximate surface area is 143 Å².